The summed E-state index contributed by atoms with van der Waals surface area (Å²) in [4.78, 5) is 27.2. The van der Waals surface area contributed by atoms with E-state index in [1.807, 2.05) is 44.1 Å². The Bertz CT molecular complexity index is 518. The number of anilines is 1. The minimum Gasteiger partial charge on any atom is -0.353 e. The molecule has 0 spiro atoms. The minimum atomic E-state index is -0.163. The molecule has 0 unspecified atom stereocenters. The fraction of sp³-hybridized carbons (Fsp3) is 0.467. The molecule has 1 N–H and O–H groups in total. The molecular weight excluding hydrogens is 334 g/mol. The number of likely N-dealkylation sites (N-methyl/N-ethyl adjacent to an activating group) is 1. The van der Waals surface area contributed by atoms with Crippen molar-refractivity contribution in [2.75, 3.05) is 38.6 Å². The Morgan fingerprint density at radius 3 is 2.48 bits per heavy atom. The molecule has 5 nitrogen and oxygen atoms in total. The molecular formula is C15H22BrN3O2. The summed E-state index contributed by atoms with van der Waals surface area (Å²) < 4.78 is 0.916. The molecule has 0 aliphatic rings. The first kappa shape index (κ1) is 17.7. The quantitative estimate of drug-likeness (QED) is 0.846. The lowest BCUT2D eigenvalue weighted by atomic mass is 10.2. The van der Waals surface area contributed by atoms with Gasteiger partial charge in [-0.3, -0.25) is 9.59 Å². The van der Waals surface area contributed by atoms with E-state index in [-0.39, 0.29) is 18.4 Å². The van der Waals surface area contributed by atoms with E-state index in [2.05, 4.69) is 21.2 Å². The lowest BCUT2D eigenvalue weighted by Crippen LogP contribution is -2.41. The Hall–Kier alpha value is -1.40. The molecule has 1 aromatic rings. The van der Waals surface area contributed by atoms with Crippen LogP contribution in [-0.2, 0) is 9.59 Å². The zero-order valence-corrected chi connectivity index (χ0v) is 14.5. The number of amides is 2. The SMILES string of the molecule is CC(=O)N(CC(=O)NCCN(C)C)c1ccc(C)c(Br)c1. The third-order valence-corrected chi connectivity index (χ3v) is 3.88. The predicted octanol–water partition coefficient (Wildman–Crippen LogP) is 1.79. The maximum Gasteiger partial charge on any atom is 0.240 e. The molecule has 0 atom stereocenters. The molecule has 0 fully saturated rings. The van der Waals surface area contributed by atoms with Crippen molar-refractivity contribution in [3.8, 4) is 0 Å². The van der Waals surface area contributed by atoms with Gasteiger partial charge in [-0.2, -0.15) is 0 Å². The van der Waals surface area contributed by atoms with Gasteiger partial charge in [0.05, 0.1) is 0 Å². The smallest absolute Gasteiger partial charge is 0.240 e. The number of hydrogen-bond acceptors (Lipinski definition) is 3. The number of benzene rings is 1. The average Bonchev–Trinajstić information content (AvgIpc) is 2.38. The van der Waals surface area contributed by atoms with Gasteiger partial charge in [0.25, 0.3) is 0 Å². The summed E-state index contributed by atoms with van der Waals surface area (Å²) >= 11 is 3.44. The average molecular weight is 356 g/mol. The van der Waals surface area contributed by atoms with Gasteiger partial charge < -0.3 is 15.1 Å². The molecule has 0 aliphatic heterocycles. The van der Waals surface area contributed by atoms with E-state index in [1.54, 1.807) is 0 Å². The molecule has 1 aromatic carbocycles. The fourth-order valence-electron chi connectivity index (χ4n) is 1.75. The molecule has 0 saturated carbocycles. The van der Waals surface area contributed by atoms with Gasteiger partial charge in [0, 0.05) is 30.2 Å². The summed E-state index contributed by atoms with van der Waals surface area (Å²) in [6, 6.07) is 5.61. The van der Waals surface area contributed by atoms with Crippen LogP contribution in [0.25, 0.3) is 0 Å². The number of nitrogens with one attached hydrogen (secondary N) is 1. The molecule has 1 rings (SSSR count). The van der Waals surface area contributed by atoms with Gasteiger partial charge in [-0.25, -0.2) is 0 Å². The summed E-state index contributed by atoms with van der Waals surface area (Å²) in [5, 5.41) is 2.81. The predicted molar refractivity (Wildman–Crippen MR) is 88.5 cm³/mol. The second-order valence-corrected chi connectivity index (χ2v) is 6.05. The van der Waals surface area contributed by atoms with E-state index in [4.69, 9.17) is 0 Å². The minimum absolute atomic E-state index is 0.0261. The number of nitrogens with zero attached hydrogens (tertiary/aromatic N) is 2. The summed E-state index contributed by atoms with van der Waals surface area (Å²) in [5.74, 6) is -0.322. The summed E-state index contributed by atoms with van der Waals surface area (Å²) in [5.41, 5.74) is 1.79. The van der Waals surface area contributed by atoms with Gasteiger partial charge >= 0.3 is 0 Å². The first-order valence-corrected chi connectivity index (χ1v) is 7.56. The molecule has 2 amide bonds. The first-order valence-electron chi connectivity index (χ1n) is 6.77. The molecule has 0 aliphatic carbocycles. The molecule has 0 aromatic heterocycles. The van der Waals surface area contributed by atoms with Gasteiger partial charge in [-0.1, -0.05) is 22.0 Å². The topological polar surface area (TPSA) is 52.7 Å². The van der Waals surface area contributed by atoms with E-state index in [9.17, 15) is 9.59 Å². The standard InChI is InChI=1S/C15H22BrN3O2/c1-11-5-6-13(9-14(11)16)19(12(2)20)10-15(21)17-7-8-18(3)4/h5-6,9H,7-8,10H2,1-4H3,(H,17,21). The van der Waals surface area contributed by atoms with Gasteiger partial charge in [-0.15, -0.1) is 0 Å². The van der Waals surface area contributed by atoms with Crippen LogP contribution in [0.1, 0.15) is 12.5 Å². The molecule has 0 bridgehead atoms. The summed E-state index contributed by atoms with van der Waals surface area (Å²) in [6.45, 7) is 4.79. The second-order valence-electron chi connectivity index (χ2n) is 5.19. The molecule has 116 valence electrons. The van der Waals surface area contributed by atoms with Crippen molar-refractivity contribution >= 4 is 33.4 Å². The molecule has 0 radical (unpaired) electrons. The van der Waals surface area contributed by atoms with Crippen LogP contribution in [0.4, 0.5) is 5.69 Å². The highest BCUT2D eigenvalue weighted by Gasteiger charge is 2.16. The van der Waals surface area contributed by atoms with Gasteiger partial charge in [0.15, 0.2) is 0 Å². The van der Waals surface area contributed by atoms with E-state index in [0.717, 1.165) is 16.6 Å². The summed E-state index contributed by atoms with van der Waals surface area (Å²) in [7, 11) is 3.88. The number of carbonyl (C=O) groups excluding carboxylic acids is 2. The van der Waals surface area contributed by atoms with Crippen LogP contribution in [0.5, 0.6) is 0 Å². The summed E-state index contributed by atoms with van der Waals surface area (Å²) in [6.07, 6.45) is 0. The maximum atomic E-state index is 11.9. The highest BCUT2D eigenvalue weighted by molar-refractivity contribution is 9.10. The Morgan fingerprint density at radius 1 is 1.29 bits per heavy atom. The highest BCUT2D eigenvalue weighted by Crippen LogP contribution is 2.23. The molecule has 0 heterocycles. The van der Waals surface area contributed by atoms with Crippen LogP contribution in [-0.4, -0.2) is 50.4 Å². The zero-order chi connectivity index (χ0) is 16.0. The number of aryl methyl sites for hydroxylation is 1. The maximum absolute atomic E-state index is 11.9. The fourth-order valence-corrected chi connectivity index (χ4v) is 2.12. The largest absolute Gasteiger partial charge is 0.353 e. The number of halogens is 1. The molecule has 21 heavy (non-hydrogen) atoms. The van der Waals surface area contributed by atoms with Gasteiger partial charge in [0.2, 0.25) is 11.8 Å². The molecule has 6 heteroatoms. The second kappa shape index (κ2) is 8.14. The Labute approximate surface area is 134 Å². The number of rotatable bonds is 6. The third-order valence-electron chi connectivity index (χ3n) is 3.03. The number of hydrogen-bond donors (Lipinski definition) is 1. The molecule has 0 saturated heterocycles. The Kier molecular flexibility index (Phi) is 6.84. The lowest BCUT2D eigenvalue weighted by molar-refractivity contribution is -0.123. The van der Waals surface area contributed by atoms with Crippen molar-refractivity contribution in [1.29, 1.82) is 0 Å². The Balaban J connectivity index is 2.71. The normalized spacial score (nSPS) is 10.6. The third kappa shape index (κ3) is 5.85. The van der Waals surface area contributed by atoms with Crippen molar-refractivity contribution in [3.63, 3.8) is 0 Å². The number of carbonyl (C=O) groups is 2. The van der Waals surface area contributed by atoms with Crippen molar-refractivity contribution in [2.24, 2.45) is 0 Å². The Morgan fingerprint density at radius 2 is 1.95 bits per heavy atom. The van der Waals surface area contributed by atoms with Crippen molar-refractivity contribution < 1.29 is 9.59 Å². The monoisotopic (exact) mass is 355 g/mol. The van der Waals surface area contributed by atoms with Crippen LogP contribution in [0.15, 0.2) is 22.7 Å². The van der Waals surface area contributed by atoms with E-state index < -0.39 is 0 Å². The van der Waals surface area contributed by atoms with Crippen molar-refractivity contribution in [1.82, 2.24) is 10.2 Å². The van der Waals surface area contributed by atoms with Crippen LogP contribution < -0.4 is 10.2 Å². The van der Waals surface area contributed by atoms with Gasteiger partial charge in [0.1, 0.15) is 6.54 Å². The van der Waals surface area contributed by atoms with Gasteiger partial charge in [-0.05, 0) is 38.7 Å². The van der Waals surface area contributed by atoms with E-state index in [0.29, 0.717) is 12.2 Å². The van der Waals surface area contributed by atoms with E-state index >= 15 is 0 Å². The van der Waals surface area contributed by atoms with Crippen LogP contribution >= 0.6 is 15.9 Å². The first-order chi connectivity index (χ1) is 9.81. The van der Waals surface area contributed by atoms with Crippen LogP contribution in [0.2, 0.25) is 0 Å². The van der Waals surface area contributed by atoms with Crippen molar-refractivity contribution in [2.45, 2.75) is 13.8 Å². The van der Waals surface area contributed by atoms with Crippen LogP contribution in [0, 0.1) is 6.92 Å². The van der Waals surface area contributed by atoms with E-state index in [1.165, 1.54) is 11.8 Å². The van der Waals surface area contributed by atoms with Crippen LogP contribution in [0.3, 0.4) is 0 Å². The zero-order valence-electron chi connectivity index (χ0n) is 12.9. The van der Waals surface area contributed by atoms with Crippen molar-refractivity contribution in [3.05, 3.63) is 28.2 Å². The highest BCUT2D eigenvalue weighted by atomic mass is 79.9. The lowest BCUT2D eigenvalue weighted by Gasteiger charge is -2.21.